The molecule has 2 rings (SSSR count). The van der Waals surface area contributed by atoms with Crippen LogP contribution < -0.4 is 4.74 Å². The fraction of sp³-hybridized carbons (Fsp3) is 0.333. The van der Waals surface area contributed by atoms with Crippen LogP contribution in [-0.2, 0) is 6.42 Å². The van der Waals surface area contributed by atoms with Crippen LogP contribution in [-0.4, -0.2) is 7.11 Å². The fourth-order valence-electron chi connectivity index (χ4n) is 2.32. The van der Waals surface area contributed by atoms with Gasteiger partial charge in [-0.15, -0.1) is 11.6 Å². The highest BCUT2D eigenvalue weighted by Crippen LogP contribution is 2.36. The number of aryl methyl sites for hydroxylation is 1. The lowest BCUT2D eigenvalue weighted by Crippen LogP contribution is -1.98. The van der Waals surface area contributed by atoms with Crippen LogP contribution in [0.15, 0.2) is 42.5 Å². The molecule has 21 heavy (non-hydrogen) atoms. The largest absolute Gasteiger partial charge is 0.496 e. The lowest BCUT2D eigenvalue weighted by Gasteiger charge is -2.15. The molecule has 0 saturated carbocycles. The first-order chi connectivity index (χ1) is 10.2. The van der Waals surface area contributed by atoms with E-state index in [1.165, 1.54) is 18.4 Å². The summed E-state index contributed by atoms with van der Waals surface area (Å²) < 4.78 is 5.38. The van der Waals surface area contributed by atoms with Crippen molar-refractivity contribution in [2.24, 2.45) is 0 Å². The Balaban J connectivity index is 2.23. The maximum Gasteiger partial charge on any atom is 0.123 e. The van der Waals surface area contributed by atoms with Crippen LogP contribution in [0, 0.1) is 0 Å². The van der Waals surface area contributed by atoms with Gasteiger partial charge in [0.05, 0.1) is 12.5 Å². The average molecular weight is 323 g/mol. The smallest absolute Gasteiger partial charge is 0.123 e. The summed E-state index contributed by atoms with van der Waals surface area (Å²) in [6.07, 6.45) is 3.54. The number of hydrogen-bond acceptors (Lipinski definition) is 1. The van der Waals surface area contributed by atoms with Crippen LogP contribution in [0.1, 0.15) is 41.8 Å². The Morgan fingerprint density at radius 2 is 1.81 bits per heavy atom. The SMILES string of the molecule is CCCCc1ccc(C(Cl)c2cc(Cl)ccc2OC)cc1. The quantitative estimate of drug-likeness (QED) is 0.591. The number of rotatable bonds is 6. The number of benzene rings is 2. The van der Waals surface area contributed by atoms with Crippen molar-refractivity contribution < 1.29 is 4.74 Å². The van der Waals surface area contributed by atoms with Crippen molar-refractivity contribution in [3.05, 3.63) is 64.2 Å². The number of alkyl halides is 1. The van der Waals surface area contributed by atoms with E-state index in [-0.39, 0.29) is 5.38 Å². The van der Waals surface area contributed by atoms with Crippen molar-refractivity contribution in [3.8, 4) is 5.75 Å². The van der Waals surface area contributed by atoms with Crippen molar-refractivity contribution >= 4 is 23.2 Å². The second kappa shape index (κ2) is 7.72. The van der Waals surface area contributed by atoms with Crippen LogP contribution in [0.4, 0.5) is 0 Å². The van der Waals surface area contributed by atoms with E-state index in [2.05, 4.69) is 31.2 Å². The third kappa shape index (κ3) is 4.15. The zero-order valence-electron chi connectivity index (χ0n) is 12.4. The minimum atomic E-state index is -0.265. The van der Waals surface area contributed by atoms with E-state index in [9.17, 15) is 0 Å². The van der Waals surface area contributed by atoms with E-state index < -0.39 is 0 Å². The van der Waals surface area contributed by atoms with Gasteiger partial charge >= 0.3 is 0 Å². The first kappa shape index (κ1) is 16.2. The van der Waals surface area contributed by atoms with E-state index in [0.29, 0.717) is 5.02 Å². The van der Waals surface area contributed by atoms with E-state index in [4.69, 9.17) is 27.9 Å². The minimum Gasteiger partial charge on any atom is -0.496 e. The zero-order chi connectivity index (χ0) is 15.2. The lowest BCUT2D eigenvalue weighted by molar-refractivity contribution is 0.410. The Hall–Kier alpha value is -1.18. The summed E-state index contributed by atoms with van der Waals surface area (Å²) in [6, 6.07) is 14.0. The van der Waals surface area contributed by atoms with Gasteiger partial charge in [0.1, 0.15) is 5.75 Å². The van der Waals surface area contributed by atoms with E-state index in [0.717, 1.165) is 23.3 Å². The predicted octanol–water partition coefficient (Wildman–Crippen LogP) is 6.02. The molecular weight excluding hydrogens is 303 g/mol. The predicted molar refractivity (Wildman–Crippen MR) is 90.8 cm³/mol. The molecule has 1 nitrogen and oxygen atoms in total. The van der Waals surface area contributed by atoms with Crippen molar-refractivity contribution in [1.82, 2.24) is 0 Å². The van der Waals surface area contributed by atoms with Gasteiger partial charge in [0.25, 0.3) is 0 Å². The van der Waals surface area contributed by atoms with Gasteiger partial charge in [0, 0.05) is 10.6 Å². The highest BCUT2D eigenvalue weighted by atomic mass is 35.5. The summed E-state index contributed by atoms with van der Waals surface area (Å²) in [6.45, 7) is 2.20. The molecule has 2 aromatic carbocycles. The van der Waals surface area contributed by atoms with Crippen LogP contribution in [0.25, 0.3) is 0 Å². The third-order valence-electron chi connectivity index (χ3n) is 3.56. The molecule has 0 aliphatic carbocycles. The van der Waals surface area contributed by atoms with Crippen LogP contribution in [0.2, 0.25) is 5.02 Å². The van der Waals surface area contributed by atoms with Gasteiger partial charge in [-0.2, -0.15) is 0 Å². The van der Waals surface area contributed by atoms with Gasteiger partial charge in [-0.1, -0.05) is 49.2 Å². The molecule has 0 heterocycles. The zero-order valence-corrected chi connectivity index (χ0v) is 13.9. The molecule has 112 valence electrons. The number of hydrogen-bond donors (Lipinski definition) is 0. The van der Waals surface area contributed by atoms with Crippen molar-refractivity contribution in [2.75, 3.05) is 7.11 Å². The normalized spacial score (nSPS) is 12.2. The van der Waals surface area contributed by atoms with Crippen LogP contribution in [0.3, 0.4) is 0 Å². The molecule has 0 aliphatic heterocycles. The van der Waals surface area contributed by atoms with Gasteiger partial charge in [0.2, 0.25) is 0 Å². The topological polar surface area (TPSA) is 9.23 Å². The molecule has 0 N–H and O–H groups in total. The van der Waals surface area contributed by atoms with Crippen molar-refractivity contribution in [1.29, 1.82) is 0 Å². The molecule has 0 fully saturated rings. The van der Waals surface area contributed by atoms with E-state index in [1.807, 2.05) is 12.1 Å². The molecular formula is C18H20Cl2O. The number of halogens is 2. The van der Waals surface area contributed by atoms with Gasteiger partial charge in [-0.05, 0) is 42.2 Å². The second-order valence-electron chi connectivity index (χ2n) is 5.09. The lowest BCUT2D eigenvalue weighted by atomic mass is 10.0. The molecule has 1 unspecified atom stereocenters. The number of ether oxygens (including phenoxy) is 1. The Morgan fingerprint density at radius 1 is 1.10 bits per heavy atom. The standard InChI is InChI=1S/C18H20Cl2O/c1-3-4-5-13-6-8-14(9-7-13)18(20)16-12-15(19)10-11-17(16)21-2/h6-12,18H,3-5H2,1-2H3. The molecule has 0 bridgehead atoms. The summed E-state index contributed by atoms with van der Waals surface area (Å²) in [4.78, 5) is 0. The first-order valence-electron chi connectivity index (χ1n) is 7.22. The Labute approximate surface area is 136 Å². The highest BCUT2D eigenvalue weighted by molar-refractivity contribution is 6.31. The second-order valence-corrected chi connectivity index (χ2v) is 5.97. The van der Waals surface area contributed by atoms with Gasteiger partial charge < -0.3 is 4.74 Å². The van der Waals surface area contributed by atoms with E-state index in [1.54, 1.807) is 13.2 Å². The number of methoxy groups -OCH3 is 1. The molecule has 0 aromatic heterocycles. The Bertz CT molecular complexity index is 578. The number of unbranched alkanes of at least 4 members (excludes halogenated alkanes) is 1. The van der Waals surface area contributed by atoms with Gasteiger partial charge in [-0.25, -0.2) is 0 Å². The molecule has 0 spiro atoms. The van der Waals surface area contributed by atoms with Gasteiger partial charge in [0.15, 0.2) is 0 Å². The minimum absolute atomic E-state index is 0.265. The first-order valence-corrected chi connectivity index (χ1v) is 8.03. The molecule has 0 aliphatic rings. The summed E-state index contributed by atoms with van der Waals surface area (Å²) in [5, 5.41) is 0.398. The Kier molecular flexibility index (Phi) is 5.96. The molecule has 0 saturated heterocycles. The van der Waals surface area contributed by atoms with Crippen molar-refractivity contribution in [2.45, 2.75) is 31.6 Å². The molecule has 0 radical (unpaired) electrons. The summed E-state index contributed by atoms with van der Waals surface area (Å²) in [5.74, 6) is 0.759. The van der Waals surface area contributed by atoms with Crippen molar-refractivity contribution in [3.63, 3.8) is 0 Å². The molecule has 2 aromatic rings. The molecule has 1 atom stereocenters. The highest BCUT2D eigenvalue weighted by Gasteiger charge is 2.16. The fourth-order valence-corrected chi connectivity index (χ4v) is 2.81. The summed E-state index contributed by atoms with van der Waals surface area (Å²) in [7, 11) is 1.64. The summed E-state index contributed by atoms with van der Waals surface area (Å²) >= 11 is 12.7. The van der Waals surface area contributed by atoms with E-state index >= 15 is 0 Å². The monoisotopic (exact) mass is 322 g/mol. The maximum absolute atomic E-state index is 6.61. The Morgan fingerprint density at radius 3 is 2.43 bits per heavy atom. The van der Waals surface area contributed by atoms with Crippen LogP contribution in [0.5, 0.6) is 5.75 Å². The van der Waals surface area contributed by atoms with Gasteiger partial charge in [-0.3, -0.25) is 0 Å². The summed E-state index contributed by atoms with van der Waals surface area (Å²) in [5.41, 5.74) is 3.30. The molecule has 3 heteroatoms. The van der Waals surface area contributed by atoms with Crippen LogP contribution >= 0.6 is 23.2 Å². The molecule has 0 amide bonds. The maximum atomic E-state index is 6.61. The average Bonchev–Trinajstić information content (AvgIpc) is 2.52. The third-order valence-corrected chi connectivity index (χ3v) is 4.28.